The first-order chi connectivity index (χ1) is 48.8. The Morgan fingerprint density at radius 2 is 0.584 bits per heavy atom. The van der Waals surface area contributed by atoms with E-state index in [1.54, 1.807) is 0 Å². The third kappa shape index (κ3) is 72.9. The van der Waals surface area contributed by atoms with E-state index in [1.165, 1.54) is 193 Å². The molecule has 0 fully saturated rings. The van der Waals surface area contributed by atoms with Crippen molar-refractivity contribution in [1.29, 1.82) is 0 Å². The van der Waals surface area contributed by atoms with Gasteiger partial charge in [0.15, 0.2) is 12.2 Å². The van der Waals surface area contributed by atoms with Crippen LogP contribution in [0.3, 0.4) is 0 Å². The fourth-order valence-corrected chi connectivity index (χ4v) is 13.6. The number of esters is 4. The summed E-state index contributed by atoms with van der Waals surface area (Å²) in [5, 5.41) is 10.6. The minimum absolute atomic E-state index is 0.0852. The molecule has 0 saturated carbocycles. The number of phosphoric ester groups is 2. The molecule has 0 saturated heterocycles. The number of carbonyl (C=O) groups is 4. The Hall–Kier alpha value is -2.46. The second-order valence-corrected chi connectivity index (χ2v) is 32.7. The van der Waals surface area contributed by atoms with Gasteiger partial charge in [-0.1, -0.05) is 349 Å². The van der Waals surface area contributed by atoms with Gasteiger partial charge in [0.1, 0.15) is 19.3 Å². The maximum Gasteiger partial charge on any atom is 0.472 e. The fourth-order valence-electron chi connectivity index (χ4n) is 12.1. The smallest absolute Gasteiger partial charge is 0.462 e. The molecular weight excluding hydrogens is 1320 g/mol. The SMILES string of the molecule is CCCCCC/C=C\C=C/CCCCCCCC(=O)O[C@H](COC(=O)CCCCCCCCCCCCCCCCCCCCC(C)CC)COP(=O)(O)OCC(O)COP(=O)(O)OC[C@@H](COC(=O)CCCCCCCCCC(C)C)OC(=O)CCCCCCCCCCCCC(C)CC. The van der Waals surface area contributed by atoms with E-state index >= 15 is 0 Å². The molecule has 0 aromatic rings. The highest BCUT2D eigenvalue weighted by molar-refractivity contribution is 7.47. The number of carbonyl (C=O) groups excluding carboxylic acids is 4. The van der Waals surface area contributed by atoms with Crippen molar-refractivity contribution in [1.82, 2.24) is 0 Å². The maximum atomic E-state index is 13.1. The lowest BCUT2D eigenvalue weighted by atomic mass is 9.99. The summed E-state index contributed by atoms with van der Waals surface area (Å²) in [6.07, 6.45) is 63.3. The van der Waals surface area contributed by atoms with Crippen LogP contribution in [-0.4, -0.2) is 96.7 Å². The van der Waals surface area contributed by atoms with Crippen LogP contribution in [0.25, 0.3) is 0 Å². The normalized spacial score (nSPS) is 14.6. The standard InChI is InChI=1S/C82H156O17P2/c1-8-11-12-13-14-15-16-17-22-27-30-36-43-51-58-65-81(86)98-77(69-92-79(84)63-56-49-42-35-29-26-24-21-19-18-20-23-25-28-33-40-47-54-61-74(6)9-2)71-96-100(88,89)94-67-76(83)68-95-101(90,91)97-72-78(70-93-80(85)64-57-50-45-38-39-46-53-60-73(4)5)99-82(87)66-59-52-44-37-32-31-34-41-48-55-62-75(7)10-3/h15-17,22,73-78,83H,8-14,18-21,23-72H2,1-7H3,(H,88,89)(H,90,91)/b16-15-,22-17-/t74?,75?,76?,77-,78-/m1/s1. The quantitative estimate of drug-likeness (QED) is 0.0169. The first-order valence-corrected chi connectivity index (χ1v) is 44.7. The van der Waals surface area contributed by atoms with Crippen LogP contribution in [0.4, 0.5) is 0 Å². The van der Waals surface area contributed by atoms with Crippen molar-refractivity contribution in [2.24, 2.45) is 17.8 Å². The first kappa shape index (κ1) is 98.5. The molecule has 596 valence electrons. The molecule has 0 rings (SSSR count). The van der Waals surface area contributed by atoms with Gasteiger partial charge >= 0.3 is 39.5 Å². The highest BCUT2D eigenvalue weighted by atomic mass is 31.2. The zero-order valence-corrected chi connectivity index (χ0v) is 67.6. The van der Waals surface area contributed by atoms with Crippen molar-refractivity contribution in [2.45, 2.75) is 420 Å². The van der Waals surface area contributed by atoms with Crippen molar-refractivity contribution < 1.29 is 80.2 Å². The highest BCUT2D eigenvalue weighted by Crippen LogP contribution is 2.45. The van der Waals surface area contributed by atoms with E-state index in [2.05, 4.69) is 72.8 Å². The number of allylic oxidation sites excluding steroid dienone is 4. The zero-order valence-electron chi connectivity index (χ0n) is 65.9. The van der Waals surface area contributed by atoms with Crippen LogP contribution in [0.5, 0.6) is 0 Å². The summed E-state index contributed by atoms with van der Waals surface area (Å²) in [6.45, 7) is 11.9. The van der Waals surface area contributed by atoms with Crippen molar-refractivity contribution in [3.8, 4) is 0 Å². The molecule has 0 aliphatic heterocycles. The van der Waals surface area contributed by atoms with Crippen LogP contribution < -0.4 is 0 Å². The maximum absolute atomic E-state index is 13.1. The van der Waals surface area contributed by atoms with Crippen molar-refractivity contribution in [2.75, 3.05) is 39.6 Å². The average Bonchev–Trinajstić information content (AvgIpc) is 0.924. The molecule has 7 atom stereocenters. The molecule has 101 heavy (non-hydrogen) atoms. The minimum Gasteiger partial charge on any atom is -0.462 e. The van der Waals surface area contributed by atoms with E-state index in [4.69, 9.17) is 37.0 Å². The van der Waals surface area contributed by atoms with Gasteiger partial charge in [-0.3, -0.25) is 37.3 Å². The Balaban J connectivity index is 5.23. The van der Waals surface area contributed by atoms with Crippen LogP contribution in [0.15, 0.2) is 24.3 Å². The lowest BCUT2D eigenvalue weighted by Crippen LogP contribution is -2.30. The molecule has 0 spiro atoms. The van der Waals surface area contributed by atoms with E-state index in [0.717, 1.165) is 121 Å². The van der Waals surface area contributed by atoms with Crippen molar-refractivity contribution in [3.63, 3.8) is 0 Å². The number of unbranched alkanes of at least 4 members (excludes halogenated alkanes) is 41. The zero-order chi connectivity index (χ0) is 74.4. The van der Waals surface area contributed by atoms with Crippen LogP contribution in [0.2, 0.25) is 0 Å². The summed E-state index contributed by atoms with van der Waals surface area (Å²) < 4.78 is 68.6. The molecule has 0 aromatic heterocycles. The molecule has 0 aliphatic carbocycles. The first-order valence-electron chi connectivity index (χ1n) is 41.7. The number of hydrogen-bond acceptors (Lipinski definition) is 15. The Kier molecular flexibility index (Phi) is 70.0. The van der Waals surface area contributed by atoms with Crippen molar-refractivity contribution >= 4 is 39.5 Å². The second kappa shape index (κ2) is 71.8. The number of ether oxygens (including phenoxy) is 4. The topological polar surface area (TPSA) is 237 Å². The predicted octanol–water partition coefficient (Wildman–Crippen LogP) is 24.1. The number of aliphatic hydroxyl groups is 1. The Morgan fingerprint density at radius 1 is 0.327 bits per heavy atom. The molecule has 0 bridgehead atoms. The molecule has 19 heteroatoms. The summed E-state index contributed by atoms with van der Waals surface area (Å²) in [4.78, 5) is 73.0. The number of aliphatic hydroxyl groups excluding tert-OH is 1. The van der Waals surface area contributed by atoms with E-state index in [1.807, 2.05) is 0 Å². The summed E-state index contributed by atoms with van der Waals surface area (Å²) in [6, 6.07) is 0. The summed E-state index contributed by atoms with van der Waals surface area (Å²) >= 11 is 0. The molecule has 0 radical (unpaired) electrons. The van der Waals surface area contributed by atoms with Crippen LogP contribution >= 0.6 is 15.6 Å². The molecule has 5 unspecified atom stereocenters. The van der Waals surface area contributed by atoms with Gasteiger partial charge in [-0.2, -0.15) is 0 Å². The van der Waals surface area contributed by atoms with Crippen LogP contribution in [0, 0.1) is 17.8 Å². The lowest BCUT2D eigenvalue weighted by Gasteiger charge is -2.21. The molecule has 3 N–H and O–H groups in total. The third-order valence-electron chi connectivity index (χ3n) is 19.2. The van der Waals surface area contributed by atoms with E-state index in [0.29, 0.717) is 31.6 Å². The van der Waals surface area contributed by atoms with E-state index in [9.17, 15) is 43.2 Å². The molecule has 17 nitrogen and oxygen atoms in total. The Bertz CT molecular complexity index is 2060. The van der Waals surface area contributed by atoms with Gasteiger partial charge in [-0.25, -0.2) is 9.13 Å². The lowest BCUT2D eigenvalue weighted by molar-refractivity contribution is -0.161. The highest BCUT2D eigenvalue weighted by Gasteiger charge is 2.30. The van der Waals surface area contributed by atoms with Gasteiger partial charge in [-0.15, -0.1) is 0 Å². The minimum atomic E-state index is -4.97. The van der Waals surface area contributed by atoms with Gasteiger partial charge in [0.2, 0.25) is 0 Å². The number of hydrogen-bond donors (Lipinski definition) is 3. The van der Waals surface area contributed by atoms with E-state index in [-0.39, 0.29) is 25.7 Å². The van der Waals surface area contributed by atoms with Gasteiger partial charge in [0.05, 0.1) is 26.4 Å². The largest absolute Gasteiger partial charge is 0.472 e. The molecular formula is C82H156O17P2. The summed E-state index contributed by atoms with van der Waals surface area (Å²) in [7, 11) is -9.93. The Morgan fingerprint density at radius 3 is 0.881 bits per heavy atom. The number of phosphoric acid groups is 2. The molecule has 0 heterocycles. The molecule has 0 amide bonds. The Labute approximate surface area is 618 Å². The van der Waals surface area contributed by atoms with Gasteiger partial charge in [0.25, 0.3) is 0 Å². The third-order valence-corrected chi connectivity index (χ3v) is 21.1. The summed E-state index contributed by atoms with van der Waals surface area (Å²) in [5.74, 6) is 0.234. The van der Waals surface area contributed by atoms with Gasteiger partial charge in [0, 0.05) is 25.7 Å². The predicted molar refractivity (Wildman–Crippen MR) is 414 cm³/mol. The van der Waals surface area contributed by atoms with Crippen molar-refractivity contribution in [3.05, 3.63) is 24.3 Å². The second-order valence-electron chi connectivity index (χ2n) is 29.8. The van der Waals surface area contributed by atoms with Gasteiger partial charge in [-0.05, 0) is 69.1 Å². The van der Waals surface area contributed by atoms with Gasteiger partial charge < -0.3 is 33.8 Å². The fraction of sp³-hybridized carbons (Fsp3) is 0.902. The van der Waals surface area contributed by atoms with E-state index < -0.39 is 97.5 Å². The van der Waals surface area contributed by atoms with Crippen LogP contribution in [0.1, 0.15) is 402 Å². The molecule has 0 aliphatic rings. The molecule has 0 aromatic carbocycles. The van der Waals surface area contributed by atoms with Crippen LogP contribution in [-0.2, 0) is 65.4 Å². The number of rotatable bonds is 78. The monoisotopic (exact) mass is 1480 g/mol. The average molecular weight is 1480 g/mol. The summed E-state index contributed by atoms with van der Waals surface area (Å²) in [5.41, 5.74) is 0.